The molecule has 4 heteroatoms. The number of aromatic nitrogens is 2. The zero-order chi connectivity index (χ0) is 10.1. The van der Waals surface area contributed by atoms with Crippen LogP contribution in [0.15, 0.2) is 16.7 Å². The van der Waals surface area contributed by atoms with Crippen LogP contribution in [0.5, 0.6) is 0 Å². The third kappa shape index (κ3) is 1.69. The SMILES string of the molecule is C1=CCC(c2nc(C3CCOC3)no2)C1. The van der Waals surface area contributed by atoms with E-state index in [1.165, 1.54) is 0 Å². The van der Waals surface area contributed by atoms with E-state index in [0.717, 1.165) is 44.2 Å². The summed E-state index contributed by atoms with van der Waals surface area (Å²) in [4.78, 5) is 4.48. The van der Waals surface area contributed by atoms with Crippen molar-refractivity contribution in [2.75, 3.05) is 13.2 Å². The van der Waals surface area contributed by atoms with Crippen LogP contribution < -0.4 is 0 Å². The van der Waals surface area contributed by atoms with Crippen molar-refractivity contribution in [2.24, 2.45) is 0 Å². The summed E-state index contributed by atoms with van der Waals surface area (Å²) in [6.07, 6.45) is 7.42. The Morgan fingerprint density at radius 1 is 1.20 bits per heavy atom. The fourth-order valence-electron chi connectivity index (χ4n) is 2.14. The molecule has 0 aromatic carbocycles. The molecule has 0 bridgehead atoms. The quantitative estimate of drug-likeness (QED) is 0.694. The second-order valence-corrected chi connectivity index (χ2v) is 4.19. The summed E-state index contributed by atoms with van der Waals surface area (Å²) in [6.45, 7) is 1.56. The van der Waals surface area contributed by atoms with Gasteiger partial charge in [0, 0.05) is 18.4 Å². The average molecular weight is 206 g/mol. The van der Waals surface area contributed by atoms with E-state index in [9.17, 15) is 0 Å². The van der Waals surface area contributed by atoms with Gasteiger partial charge in [-0.25, -0.2) is 0 Å². The molecule has 2 heterocycles. The van der Waals surface area contributed by atoms with Crippen LogP contribution in [-0.4, -0.2) is 23.4 Å². The number of hydrogen-bond donors (Lipinski definition) is 0. The van der Waals surface area contributed by atoms with Crippen LogP contribution >= 0.6 is 0 Å². The molecule has 1 atom stereocenters. The van der Waals surface area contributed by atoms with Gasteiger partial charge in [-0.15, -0.1) is 0 Å². The highest BCUT2D eigenvalue weighted by atomic mass is 16.5. The van der Waals surface area contributed by atoms with Gasteiger partial charge in [0.25, 0.3) is 0 Å². The van der Waals surface area contributed by atoms with Gasteiger partial charge >= 0.3 is 0 Å². The van der Waals surface area contributed by atoms with Crippen molar-refractivity contribution in [2.45, 2.75) is 31.1 Å². The normalized spacial score (nSPS) is 26.5. The van der Waals surface area contributed by atoms with Gasteiger partial charge in [0.05, 0.1) is 6.61 Å². The van der Waals surface area contributed by atoms with Crippen molar-refractivity contribution in [3.63, 3.8) is 0 Å². The van der Waals surface area contributed by atoms with Gasteiger partial charge in [0.2, 0.25) is 5.89 Å². The summed E-state index contributed by atoms with van der Waals surface area (Å²) in [5, 5.41) is 4.05. The van der Waals surface area contributed by atoms with Gasteiger partial charge in [-0.2, -0.15) is 4.98 Å². The maximum Gasteiger partial charge on any atom is 0.230 e. The van der Waals surface area contributed by atoms with Gasteiger partial charge < -0.3 is 9.26 Å². The molecule has 0 spiro atoms. The Labute approximate surface area is 88.3 Å². The monoisotopic (exact) mass is 206 g/mol. The number of allylic oxidation sites excluding steroid dienone is 2. The highest BCUT2D eigenvalue weighted by molar-refractivity contribution is 5.08. The van der Waals surface area contributed by atoms with Crippen molar-refractivity contribution in [1.82, 2.24) is 10.1 Å². The smallest absolute Gasteiger partial charge is 0.230 e. The van der Waals surface area contributed by atoms with Crippen molar-refractivity contribution < 1.29 is 9.26 Å². The van der Waals surface area contributed by atoms with E-state index in [2.05, 4.69) is 22.3 Å². The lowest BCUT2D eigenvalue weighted by atomic mass is 10.1. The molecule has 1 aromatic rings. The zero-order valence-electron chi connectivity index (χ0n) is 8.56. The summed E-state index contributed by atoms with van der Waals surface area (Å²) < 4.78 is 10.6. The molecule has 15 heavy (non-hydrogen) atoms. The lowest BCUT2D eigenvalue weighted by molar-refractivity contribution is 0.192. The minimum Gasteiger partial charge on any atom is -0.381 e. The molecule has 1 unspecified atom stereocenters. The molecule has 1 aromatic heterocycles. The summed E-state index contributed by atoms with van der Waals surface area (Å²) >= 11 is 0. The van der Waals surface area contributed by atoms with Crippen LogP contribution in [0.25, 0.3) is 0 Å². The van der Waals surface area contributed by atoms with Crippen LogP contribution in [0.4, 0.5) is 0 Å². The highest BCUT2D eigenvalue weighted by Gasteiger charge is 2.25. The van der Waals surface area contributed by atoms with Crippen molar-refractivity contribution in [1.29, 1.82) is 0 Å². The first-order chi connectivity index (χ1) is 7.43. The average Bonchev–Trinajstić information content (AvgIpc) is 3.02. The van der Waals surface area contributed by atoms with Crippen molar-refractivity contribution >= 4 is 0 Å². The van der Waals surface area contributed by atoms with Gasteiger partial charge in [-0.3, -0.25) is 0 Å². The molecular formula is C11H14N2O2. The Morgan fingerprint density at radius 2 is 2.07 bits per heavy atom. The molecule has 3 rings (SSSR count). The minimum absolute atomic E-state index is 0.344. The largest absolute Gasteiger partial charge is 0.381 e. The van der Waals surface area contributed by atoms with Gasteiger partial charge in [-0.05, 0) is 19.3 Å². The lowest BCUT2D eigenvalue weighted by Gasteiger charge is -2.00. The molecular weight excluding hydrogens is 192 g/mol. The van der Waals surface area contributed by atoms with Crippen LogP contribution in [-0.2, 0) is 4.74 Å². The molecule has 4 nitrogen and oxygen atoms in total. The number of ether oxygens (including phenoxy) is 1. The number of hydrogen-bond acceptors (Lipinski definition) is 4. The fourth-order valence-corrected chi connectivity index (χ4v) is 2.14. The fraction of sp³-hybridized carbons (Fsp3) is 0.636. The van der Waals surface area contributed by atoms with Gasteiger partial charge in [-0.1, -0.05) is 17.3 Å². The van der Waals surface area contributed by atoms with E-state index < -0.39 is 0 Å². The molecule has 80 valence electrons. The van der Waals surface area contributed by atoms with Crippen LogP contribution in [0, 0.1) is 0 Å². The van der Waals surface area contributed by atoms with Crippen LogP contribution in [0.2, 0.25) is 0 Å². The lowest BCUT2D eigenvalue weighted by Crippen LogP contribution is -2.00. The van der Waals surface area contributed by atoms with Gasteiger partial charge in [0.1, 0.15) is 0 Å². The van der Waals surface area contributed by atoms with Crippen LogP contribution in [0.3, 0.4) is 0 Å². The van der Waals surface area contributed by atoms with Crippen molar-refractivity contribution in [3.8, 4) is 0 Å². The summed E-state index contributed by atoms with van der Waals surface area (Å²) in [6, 6.07) is 0. The van der Waals surface area contributed by atoms with E-state index in [4.69, 9.17) is 9.26 Å². The Hall–Kier alpha value is -1.16. The van der Waals surface area contributed by atoms with E-state index in [0.29, 0.717) is 11.8 Å². The molecule has 1 saturated heterocycles. The van der Waals surface area contributed by atoms with Gasteiger partial charge in [0.15, 0.2) is 5.82 Å². The first-order valence-corrected chi connectivity index (χ1v) is 5.50. The molecule has 1 fully saturated rings. The third-order valence-electron chi connectivity index (χ3n) is 3.11. The highest BCUT2D eigenvalue weighted by Crippen LogP contribution is 2.30. The number of nitrogens with zero attached hydrogens (tertiary/aromatic N) is 2. The van der Waals surface area contributed by atoms with E-state index in [-0.39, 0.29) is 0 Å². The Morgan fingerprint density at radius 3 is 2.80 bits per heavy atom. The molecule has 0 radical (unpaired) electrons. The molecule has 1 aliphatic heterocycles. The molecule has 0 N–H and O–H groups in total. The Balaban J connectivity index is 1.75. The minimum atomic E-state index is 0.344. The Bertz CT molecular complexity index is 342. The second-order valence-electron chi connectivity index (χ2n) is 4.19. The second kappa shape index (κ2) is 3.77. The van der Waals surface area contributed by atoms with Crippen molar-refractivity contribution in [3.05, 3.63) is 23.9 Å². The summed E-state index contributed by atoms with van der Waals surface area (Å²) in [5.74, 6) is 2.38. The third-order valence-corrected chi connectivity index (χ3v) is 3.11. The summed E-state index contributed by atoms with van der Waals surface area (Å²) in [7, 11) is 0. The first-order valence-electron chi connectivity index (χ1n) is 5.50. The van der Waals surface area contributed by atoms with E-state index >= 15 is 0 Å². The zero-order valence-corrected chi connectivity index (χ0v) is 8.56. The maximum atomic E-state index is 5.31. The number of rotatable bonds is 2. The molecule has 0 saturated carbocycles. The predicted molar refractivity (Wildman–Crippen MR) is 53.6 cm³/mol. The topological polar surface area (TPSA) is 48.2 Å². The standard InChI is InChI=1S/C11H14N2O2/c1-2-4-8(3-1)11-12-10(13-15-11)9-5-6-14-7-9/h1-2,8-9H,3-7H2. The van der Waals surface area contributed by atoms with E-state index in [1.807, 2.05) is 0 Å². The molecule has 1 aliphatic carbocycles. The molecule has 2 aliphatic rings. The first kappa shape index (κ1) is 9.09. The van der Waals surface area contributed by atoms with E-state index in [1.54, 1.807) is 0 Å². The maximum absolute atomic E-state index is 5.31. The predicted octanol–water partition coefficient (Wildman–Crippen LogP) is 2.01. The Kier molecular flexibility index (Phi) is 2.29. The van der Waals surface area contributed by atoms with Crippen LogP contribution in [0.1, 0.15) is 42.8 Å². The molecule has 0 amide bonds. The summed E-state index contributed by atoms with van der Waals surface area (Å²) in [5.41, 5.74) is 0.